The zero-order chi connectivity index (χ0) is 22.1. The second kappa shape index (κ2) is 6.84. The number of ether oxygens (including phenoxy) is 1. The Kier molecular flexibility index (Phi) is 4.88. The molecule has 164 valence electrons. The molecule has 0 aliphatic heterocycles. The van der Waals surface area contributed by atoms with Crippen molar-refractivity contribution in [2.75, 3.05) is 6.61 Å². The molecular weight excluding hydrogens is 384 g/mol. The van der Waals surface area contributed by atoms with Crippen LogP contribution in [0.4, 0.5) is 0 Å². The molecule has 6 nitrogen and oxygen atoms in total. The lowest BCUT2D eigenvalue weighted by Gasteiger charge is -2.59. The average molecular weight is 417 g/mol. The summed E-state index contributed by atoms with van der Waals surface area (Å²) in [6, 6.07) is 0. The third-order valence-corrected chi connectivity index (χ3v) is 8.99. The zero-order valence-corrected chi connectivity index (χ0v) is 18.3. The third-order valence-electron chi connectivity index (χ3n) is 8.99. The van der Waals surface area contributed by atoms with Crippen LogP contribution < -0.4 is 0 Å². The highest BCUT2D eigenvalue weighted by Gasteiger charge is 2.69. The first-order valence-electron chi connectivity index (χ1n) is 11.1. The van der Waals surface area contributed by atoms with Gasteiger partial charge < -0.3 is 9.84 Å². The number of esters is 1. The van der Waals surface area contributed by atoms with Crippen LogP contribution in [0.5, 0.6) is 0 Å². The van der Waals surface area contributed by atoms with Gasteiger partial charge in [-0.3, -0.25) is 19.2 Å². The molecule has 0 aromatic carbocycles. The number of ketones is 3. The normalized spacial score (nSPS) is 45.2. The SMILES string of the molecule is CC(=O)OCC(=O)[C@@]1(O)CC[C@@H]2[C@@H]3C[C@H](C)C4=CC(=O)CC[C@]4(C)[C@H]3C(=O)C[C@]21C. The van der Waals surface area contributed by atoms with Gasteiger partial charge in [0.2, 0.25) is 5.78 Å². The molecule has 0 bridgehead atoms. The van der Waals surface area contributed by atoms with Gasteiger partial charge in [0.05, 0.1) is 0 Å². The summed E-state index contributed by atoms with van der Waals surface area (Å²) in [4.78, 5) is 49.7. The van der Waals surface area contributed by atoms with Crippen molar-refractivity contribution in [3.63, 3.8) is 0 Å². The van der Waals surface area contributed by atoms with Crippen LogP contribution in [0.1, 0.15) is 66.2 Å². The smallest absolute Gasteiger partial charge is 0.303 e. The van der Waals surface area contributed by atoms with Gasteiger partial charge in [-0.05, 0) is 54.9 Å². The number of fused-ring (bicyclic) bond motifs is 5. The molecule has 0 unspecified atom stereocenters. The van der Waals surface area contributed by atoms with E-state index in [0.29, 0.717) is 19.3 Å². The Labute approximate surface area is 177 Å². The lowest BCUT2D eigenvalue weighted by atomic mass is 9.44. The van der Waals surface area contributed by atoms with E-state index in [0.717, 1.165) is 12.0 Å². The summed E-state index contributed by atoms with van der Waals surface area (Å²) in [7, 11) is 0. The number of allylic oxidation sites excluding steroid dienone is 1. The van der Waals surface area contributed by atoms with Crippen molar-refractivity contribution in [2.45, 2.75) is 71.8 Å². The number of rotatable bonds is 3. The van der Waals surface area contributed by atoms with Gasteiger partial charge in [-0.2, -0.15) is 0 Å². The maximum atomic E-state index is 13.6. The van der Waals surface area contributed by atoms with E-state index in [9.17, 15) is 24.3 Å². The Hall–Kier alpha value is -1.82. The summed E-state index contributed by atoms with van der Waals surface area (Å²) in [6.07, 6.45) is 4.83. The molecule has 4 rings (SSSR count). The van der Waals surface area contributed by atoms with Crippen LogP contribution in [-0.4, -0.2) is 40.6 Å². The lowest BCUT2D eigenvalue weighted by Crippen LogP contribution is -2.61. The van der Waals surface area contributed by atoms with E-state index in [1.165, 1.54) is 6.92 Å². The van der Waals surface area contributed by atoms with E-state index >= 15 is 0 Å². The Morgan fingerprint density at radius 2 is 1.93 bits per heavy atom. The fourth-order valence-corrected chi connectivity index (χ4v) is 7.57. The first-order chi connectivity index (χ1) is 13.9. The van der Waals surface area contributed by atoms with Crippen molar-refractivity contribution in [1.29, 1.82) is 0 Å². The molecular formula is C24H32O6. The highest BCUT2D eigenvalue weighted by molar-refractivity contribution is 5.95. The van der Waals surface area contributed by atoms with Gasteiger partial charge in [-0.25, -0.2) is 0 Å². The second-order valence-corrected chi connectivity index (χ2v) is 10.5. The number of Topliss-reactive ketones (excluding diaryl/α,β-unsaturated/α-hetero) is 2. The molecule has 0 spiro atoms. The highest BCUT2D eigenvalue weighted by Crippen LogP contribution is 2.67. The zero-order valence-electron chi connectivity index (χ0n) is 18.3. The first kappa shape index (κ1) is 21.4. The standard InChI is InChI=1S/C24H32O6/c1-13-9-16-17-6-8-24(29,20(28)12-30-14(2)25)23(17,4)11-19(27)21(16)22(3)7-5-15(26)10-18(13)22/h10,13,16-17,21,29H,5-9,11-12H2,1-4H3/t13-,16-,17+,21+,22-,23+,24-/m0/s1. The first-order valence-corrected chi connectivity index (χ1v) is 11.1. The molecule has 0 aromatic rings. The summed E-state index contributed by atoms with van der Waals surface area (Å²) in [5.41, 5.74) is -1.73. The van der Waals surface area contributed by atoms with Gasteiger partial charge in [0.25, 0.3) is 0 Å². The van der Waals surface area contributed by atoms with Crippen molar-refractivity contribution in [2.24, 2.45) is 34.5 Å². The van der Waals surface area contributed by atoms with Crippen LogP contribution in [0.3, 0.4) is 0 Å². The van der Waals surface area contributed by atoms with Crippen molar-refractivity contribution < 1.29 is 29.0 Å². The molecule has 7 atom stereocenters. The summed E-state index contributed by atoms with van der Waals surface area (Å²) in [5, 5.41) is 11.5. The number of hydrogen-bond donors (Lipinski definition) is 1. The van der Waals surface area contributed by atoms with E-state index in [1.54, 1.807) is 6.08 Å². The Bertz CT molecular complexity index is 858. The van der Waals surface area contributed by atoms with Gasteiger partial charge in [-0.1, -0.05) is 26.3 Å². The van der Waals surface area contributed by atoms with E-state index in [-0.39, 0.29) is 53.5 Å². The number of carbonyl (C=O) groups excluding carboxylic acids is 4. The predicted octanol–water partition coefficient (Wildman–Crippen LogP) is 2.81. The number of carbonyl (C=O) groups is 4. The monoisotopic (exact) mass is 416 g/mol. The van der Waals surface area contributed by atoms with E-state index in [1.807, 2.05) is 6.92 Å². The largest absolute Gasteiger partial charge is 0.458 e. The Morgan fingerprint density at radius 3 is 2.60 bits per heavy atom. The molecule has 0 aromatic heterocycles. The summed E-state index contributed by atoms with van der Waals surface area (Å²) < 4.78 is 4.88. The van der Waals surface area contributed by atoms with E-state index < -0.39 is 29.4 Å². The molecule has 3 fully saturated rings. The second-order valence-electron chi connectivity index (χ2n) is 10.5. The Morgan fingerprint density at radius 1 is 1.23 bits per heavy atom. The molecule has 0 heterocycles. The van der Waals surface area contributed by atoms with Crippen LogP contribution in [0.25, 0.3) is 0 Å². The quantitative estimate of drug-likeness (QED) is 0.711. The summed E-state index contributed by atoms with van der Waals surface area (Å²) >= 11 is 0. The van der Waals surface area contributed by atoms with Gasteiger partial charge in [0.15, 0.2) is 12.4 Å². The minimum Gasteiger partial charge on any atom is -0.458 e. The molecule has 6 heteroatoms. The van der Waals surface area contributed by atoms with Crippen LogP contribution in [0, 0.1) is 34.5 Å². The van der Waals surface area contributed by atoms with Gasteiger partial charge >= 0.3 is 5.97 Å². The number of aliphatic hydroxyl groups is 1. The van der Waals surface area contributed by atoms with Crippen molar-refractivity contribution in [3.8, 4) is 0 Å². The fraction of sp³-hybridized carbons (Fsp3) is 0.750. The van der Waals surface area contributed by atoms with Gasteiger partial charge in [0, 0.05) is 31.1 Å². The molecule has 30 heavy (non-hydrogen) atoms. The summed E-state index contributed by atoms with van der Waals surface area (Å²) in [5.74, 6) is -0.680. The molecule has 4 aliphatic rings. The van der Waals surface area contributed by atoms with Gasteiger partial charge in [-0.15, -0.1) is 0 Å². The van der Waals surface area contributed by atoms with Gasteiger partial charge in [0.1, 0.15) is 11.4 Å². The van der Waals surface area contributed by atoms with Crippen LogP contribution in [0.2, 0.25) is 0 Å². The van der Waals surface area contributed by atoms with Crippen molar-refractivity contribution in [3.05, 3.63) is 11.6 Å². The van der Waals surface area contributed by atoms with Crippen LogP contribution >= 0.6 is 0 Å². The fourth-order valence-electron chi connectivity index (χ4n) is 7.57. The minimum atomic E-state index is -1.66. The third kappa shape index (κ3) is 2.79. The molecule has 3 saturated carbocycles. The lowest BCUT2D eigenvalue weighted by molar-refractivity contribution is -0.174. The Balaban J connectivity index is 1.70. The average Bonchev–Trinajstić information content (AvgIpc) is 2.93. The topological polar surface area (TPSA) is 97.7 Å². The van der Waals surface area contributed by atoms with Crippen LogP contribution in [0.15, 0.2) is 11.6 Å². The molecule has 4 aliphatic carbocycles. The molecule has 0 amide bonds. The molecule has 0 saturated heterocycles. The molecule has 1 N–H and O–H groups in total. The van der Waals surface area contributed by atoms with Crippen molar-refractivity contribution >= 4 is 23.3 Å². The van der Waals surface area contributed by atoms with Crippen molar-refractivity contribution in [1.82, 2.24) is 0 Å². The predicted molar refractivity (Wildman–Crippen MR) is 108 cm³/mol. The highest BCUT2D eigenvalue weighted by atomic mass is 16.5. The van der Waals surface area contributed by atoms with E-state index in [4.69, 9.17) is 4.74 Å². The minimum absolute atomic E-state index is 0.0462. The maximum Gasteiger partial charge on any atom is 0.303 e. The maximum absolute atomic E-state index is 13.6. The number of hydrogen-bond acceptors (Lipinski definition) is 6. The molecule has 0 radical (unpaired) electrons. The van der Waals surface area contributed by atoms with E-state index in [2.05, 4.69) is 13.8 Å². The van der Waals surface area contributed by atoms with Crippen LogP contribution in [-0.2, 0) is 23.9 Å². The summed E-state index contributed by atoms with van der Waals surface area (Å²) in [6.45, 7) is 6.90.